The Labute approximate surface area is 172 Å². The van der Waals surface area contributed by atoms with Crippen LogP contribution in [0.5, 0.6) is 0 Å². The SMILES string of the molecule is CCCCC(CCCCCCCCC(C)C)OC(=O)C1CC=CCC1C(=O)O. The summed E-state index contributed by atoms with van der Waals surface area (Å²) in [5.41, 5.74) is 0. The van der Waals surface area contributed by atoms with Crippen LogP contribution in [-0.2, 0) is 14.3 Å². The van der Waals surface area contributed by atoms with Crippen molar-refractivity contribution in [3.63, 3.8) is 0 Å². The molecule has 0 aromatic rings. The number of carboxylic acids is 1. The van der Waals surface area contributed by atoms with E-state index in [1.165, 1.54) is 38.5 Å². The predicted octanol–water partition coefficient (Wildman–Crippen LogP) is 6.53. The predicted molar refractivity (Wildman–Crippen MR) is 114 cm³/mol. The number of rotatable bonds is 15. The maximum Gasteiger partial charge on any atom is 0.310 e. The smallest absolute Gasteiger partial charge is 0.310 e. The van der Waals surface area contributed by atoms with Crippen LogP contribution in [0.1, 0.15) is 104 Å². The van der Waals surface area contributed by atoms with Gasteiger partial charge in [-0.05, 0) is 38.0 Å². The first-order chi connectivity index (χ1) is 13.5. The molecule has 0 amide bonds. The molecule has 3 atom stereocenters. The Morgan fingerprint density at radius 3 is 2.00 bits per heavy atom. The van der Waals surface area contributed by atoms with Gasteiger partial charge in [0.05, 0.1) is 11.8 Å². The molecule has 4 nitrogen and oxygen atoms in total. The summed E-state index contributed by atoms with van der Waals surface area (Å²) in [5, 5.41) is 9.38. The monoisotopic (exact) mass is 394 g/mol. The van der Waals surface area contributed by atoms with Crippen LogP contribution in [0.25, 0.3) is 0 Å². The summed E-state index contributed by atoms with van der Waals surface area (Å²) in [5.74, 6) is -1.59. The van der Waals surface area contributed by atoms with Crippen LogP contribution in [0.4, 0.5) is 0 Å². The molecule has 0 saturated heterocycles. The fourth-order valence-corrected chi connectivity index (χ4v) is 3.92. The fourth-order valence-electron chi connectivity index (χ4n) is 3.92. The molecule has 0 radical (unpaired) electrons. The molecule has 0 aromatic heterocycles. The molecule has 0 aliphatic heterocycles. The van der Waals surface area contributed by atoms with Crippen molar-refractivity contribution in [1.82, 2.24) is 0 Å². The Hall–Kier alpha value is -1.32. The van der Waals surface area contributed by atoms with E-state index in [1.54, 1.807) is 0 Å². The lowest BCUT2D eigenvalue weighted by molar-refractivity contribution is -0.162. The van der Waals surface area contributed by atoms with E-state index < -0.39 is 17.8 Å². The van der Waals surface area contributed by atoms with Crippen molar-refractivity contribution < 1.29 is 19.4 Å². The number of hydrogen-bond donors (Lipinski definition) is 1. The average molecular weight is 395 g/mol. The first-order valence-corrected chi connectivity index (χ1v) is 11.5. The summed E-state index contributed by atoms with van der Waals surface area (Å²) in [7, 11) is 0. The van der Waals surface area contributed by atoms with Gasteiger partial charge in [0.15, 0.2) is 0 Å². The third kappa shape index (κ3) is 10.3. The van der Waals surface area contributed by atoms with Crippen LogP contribution in [0.3, 0.4) is 0 Å². The maximum absolute atomic E-state index is 12.6. The second kappa shape index (κ2) is 14.6. The minimum Gasteiger partial charge on any atom is -0.481 e. The lowest BCUT2D eigenvalue weighted by Crippen LogP contribution is -2.34. The van der Waals surface area contributed by atoms with Gasteiger partial charge in [0, 0.05) is 0 Å². The Bertz CT molecular complexity index is 469. The summed E-state index contributed by atoms with van der Waals surface area (Å²) in [6, 6.07) is 0. The average Bonchev–Trinajstić information content (AvgIpc) is 2.67. The van der Waals surface area contributed by atoms with Crippen LogP contribution in [0.2, 0.25) is 0 Å². The number of aliphatic carboxylic acids is 1. The van der Waals surface area contributed by atoms with E-state index in [-0.39, 0.29) is 12.1 Å². The van der Waals surface area contributed by atoms with E-state index >= 15 is 0 Å². The van der Waals surface area contributed by atoms with Gasteiger partial charge in [-0.1, -0.05) is 84.3 Å². The highest BCUT2D eigenvalue weighted by molar-refractivity contribution is 5.81. The molecule has 1 aliphatic rings. The van der Waals surface area contributed by atoms with Crippen LogP contribution in [0.15, 0.2) is 12.2 Å². The van der Waals surface area contributed by atoms with Crippen molar-refractivity contribution in [2.45, 2.75) is 110 Å². The van der Waals surface area contributed by atoms with E-state index in [0.29, 0.717) is 12.8 Å². The van der Waals surface area contributed by atoms with Crippen molar-refractivity contribution in [2.75, 3.05) is 0 Å². The van der Waals surface area contributed by atoms with Crippen molar-refractivity contribution in [2.24, 2.45) is 17.8 Å². The van der Waals surface area contributed by atoms with Crippen molar-refractivity contribution in [1.29, 1.82) is 0 Å². The van der Waals surface area contributed by atoms with Crippen molar-refractivity contribution in [3.8, 4) is 0 Å². The lowest BCUT2D eigenvalue weighted by atomic mass is 9.83. The van der Waals surface area contributed by atoms with Gasteiger partial charge in [0.1, 0.15) is 6.10 Å². The zero-order chi connectivity index (χ0) is 20.8. The second-order valence-electron chi connectivity index (χ2n) is 8.79. The largest absolute Gasteiger partial charge is 0.481 e. The number of ether oxygens (including phenoxy) is 1. The number of carbonyl (C=O) groups is 2. The third-order valence-electron chi connectivity index (χ3n) is 5.77. The molecule has 3 unspecified atom stereocenters. The first kappa shape index (κ1) is 24.7. The number of allylic oxidation sites excluding steroid dienone is 2. The van der Waals surface area contributed by atoms with E-state index in [2.05, 4.69) is 20.8 Å². The molecule has 0 saturated carbocycles. The molecule has 0 aromatic carbocycles. The summed E-state index contributed by atoms with van der Waals surface area (Å²) >= 11 is 0. The molecule has 4 heteroatoms. The van der Waals surface area contributed by atoms with Gasteiger partial charge < -0.3 is 9.84 Å². The van der Waals surface area contributed by atoms with E-state index in [0.717, 1.165) is 38.0 Å². The molecule has 0 bridgehead atoms. The maximum atomic E-state index is 12.6. The van der Waals surface area contributed by atoms with Crippen molar-refractivity contribution >= 4 is 11.9 Å². The number of esters is 1. The summed E-state index contributed by atoms with van der Waals surface area (Å²) in [4.78, 5) is 24.1. The third-order valence-corrected chi connectivity index (χ3v) is 5.77. The normalized spacial score (nSPS) is 20.3. The van der Waals surface area contributed by atoms with Crippen LogP contribution >= 0.6 is 0 Å². The summed E-state index contributed by atoms with van der Waals surface area (Å²) in [6.07, 6.45) is 17.3. The molecule has 1 aliphatic carbocycles. The van der Waals surface area contributed by atoms with Crippen LogP contribution in [0, 0.1) is 17.8 Å². The van der Waals surface area contributed by atoms with Crippen molar-refractivity contribution in [3.05, 3.63) is 12.2 Å². The number of carboxylic acid groups (broad SMARTS) is 1. The van der Waals surface area contributed by atoms with Gasteiger partial charge in [-0.15, -0.1) is 0 Å². The van der Waals surface area contributed by atoms with Gasteiger partial charge in [-0.2, -0.15) is 0 Å². The highest BCUT2D eigenvalue weighted by atomic mass is 16.5. The second-order valence-corrected chi connectivity index (χ2v) is 8.79. The molecule has 162 valence electrons. The minimum absolute atomic E-state index is 0.0613. The molecule has 0 heterocycles. The zero-order valence-corrected chi connectivity index (χ0v) is 18.3. The van der Waals surface area contributed by atoms with E-state index in [9.17, 15) is 14.7 Å². The molecule has 28 heavy (non-hydrogen) atoms. The molecule has 0 spiro atoms. The topological polar surface area (TPSA) is 63.6 Å². The standard InChI is InChI=1S/C24H42O4/c1-4-5-15-20(16-11-9-7-6-8-10-14-19(2)3)28-24(27)22-18-13-12-17-21(22)23(25)26/h12-13,19-22H,4-11,14-18H2,1-3H3,(H,25,26). The van der Waals surface area contributed by atoms with Crippen LogP contribution < -0.4 is 0 Å². The number of carbonyl (C=O) groups excluding carboxylic acids is 1. The lowest BCUT2D eigenvalue weighted by Gasteiger charge is -2.26. The fraction of sp³-hybridized carbons (Fsp3) is 0.833. The van der Waals surface area contributed by atoms with E-state index in [4.69, 9.17) is 4.74 Å². The molecule has 1 N–H and O–H groups in total. The number of hydrogen-bond acceptors (Lipinski definition) is 3. The van der Waals surface area contributed by atoms with Gasteiger partial charge in [-0.3, -0.25) is 9.59 Å². The number of unbranched alkanes of at least 4 members (excludes halogenated alkanes) is 6. The van der Waals surface area contributed by atoms with E-state index in [1.807, 2.05) is 12.2 Å². The molecular weight excluding hydrogens is 352 g/mol. The van der Waals surface area contributed by atoms with Gasteiger partial charge in [-0.25, -0.2) is 0 Å². The summed E-state index contributed by atoms with van der Waals surface area (Å²) in [6.45, 7) is 6.70. The minimum atomic E-state index is -0.895. The van der Waals surface area contributed by atoms with Crippen LogP contribution in [-0.4, -0.2) is 23.1 Å². The Balaban J connectivity index is 2.36. The molecule has 1 rings (SSSR count). The molecule has 0 fully saturated rings. The Kier molecular flexibility index (Phi) is 12.9. The Morgan fingerprint density at radius 2 is 1.43 bits per heavy atom. The van der Waals surface area contributed by atoms with Gasteiger partial charge in [0.25, 0.3) is 0 Å². The zero-order valence-electron chi connectivity index (χ0n) is 18.3. The highest BCUT2D eigenvalue weighted by Gasteiger charge is 2.36. The highest BCUT2D eigenvalue weighted by Crippen LogP contribution is 2.28. The Morgan fingerprint density at radius 1 is 0.893 bits per heavy atom. The summed E-state index contributed by atoms with van der Waals surface area (Å²) < 4.78 is 5.81. The molecular formula is C24H42O4. The van der Waals surface area contributed by atoms with Gasteiger partial charge >= 0.3 is 11.9 Å². The quantitative estimate of drug-likeness (QED) is 0.195. The van der Waals surface area contributed by atoms with Gasteiger partial charge in [0.2, 0.25) is 0 Å². The first-order valence-electron chi connectivity index (χ1n) is 11.5.